The Morgan fingerprint density at radius 3 is 2.45 bits per heavy atom. The maximum Gasteiger partial charge on any atom is 0.573 e. The average molecular weight is 461 g/mol. The first kappa shape index (κ1) is 23.4. The molecule has 172 valence electrons. The molecule has 0 saturated carbocycles. The molecule has 0 fully saturated rings. The fourth-order valence-electron chi connectivity index (χ4n) is 2.75. The molecule has 0 aliphatic rings. The summed E-state index contributed by atoms with van der Waals surface area (Å²) in [5.41, 5.74) is 0.945. The number of phenolic OH excluding ortho intramolecular Hbond substituents is 1. The lowest BCUT2D eigenvalue weighted by molar-refractivity contribution is -0.274. The fraction of sp³-hybridized carbons (Fsp3) is 0.136. The molecule has 2 aromatic carbocycles. The summed E-state index contributed by atoms with van der Waals surface area (Å²) in [4.78, 5) is 28.0. The summed E-state index contributed by atoms with van der Waals surface area (Å²) in [6, 6.07) is 12.4. The number of pyridine rings is 1. The van der Waals surface area contributed by atoms with E-state index in [1.807, 2.05) is 0 Å². The van der Waals surface area contributed by atoms with Crippen molar-refractivity contribution < 1.29 is 37.3 Å². The van der Waals surface area contributed by atoms with Gasteiger partial charge >= 0.3 is 12.3 Å². The van der Waals surface area contributed by atoms with Crippen LogP contribution in [-0.2, 0) is 11.3 Å². The lowest BCUT2D eigenvalue weighted by Crippen LogP contribution is -2.17. The number of carbonyl (C=O) groups is 2. The van der Waals surface area contributed by atoms with Crippen LogP contribution in [0.4, 0.5) is 24.7 Å². The zero-order chi connectivity index (χ0) is 24.0. The number of nitrogens with zero attached hydrogens (tertiary/aromatic N) is 1. The zero-order valence-electron chi connectivity index (χ0n) is 17.1. The Morgan fingerprint density at radius 2 is 1.82 bits per heavy atom. The third kappa shape index (κ3) is 6.60. The molecular weight excluding hydrogens is 443 g/mol. The Hall–Kier alpha value is -4.28. The molecule has 1 amide bonds. The smallest absolute Gasteiger partial charge is 0.506 e. The van der Waals surface area contributed by atoms with Crippen LogP contribution in [0.15, 0.2) is 60.8 Å². The number of esters is 1. The van der Waals surface area contributed by atoms with Crippen molar-refractivity contribution in [3.63, 3.8) is 0 Å². The number of phenols is 1. The summed E-state index contributed by atoms with van der Waals surface area (Å²) in [7, 11) is 1.21. The van der Waals surface area contributed by atoms with Crippen LogP contribution in [0.2, 0.25) is 0 Å². The fourth-order valence-corrected chi connectivity index (χ4v) is 2.75. The number of hydrogen-bond acceptors (Lipinski definition) is 7. The summed E-state index contributed by atoms with van der Waals surface area (Å²) in [5.74, 6) is -1.43. The number of ether oxygens (including phenoxy) is 2. The highest BCUT2D eigenvalue weighted by atomic mass is 19.4. The number of methoxy groups -OCH3 is 1. The number of aromatic nitrogens is 1. The van der Waals surface area contributed by atoms with Crippen molar-refractivity contribution in [1.82, 2.24) is 4.98 Å². The van der Waals surface area contributed by atoms with Gasteiger partial charge in [-0.25, -0.2) is 9.78 Å². The first-order valence-corrected chi connectivity index (χ1v) is 9.42. The molecule has 0 spiro atoms. The molecular formula is C22H18F3N3O5. The van der Waals surface area contributed by atoms with Crippen molar-refractivity contribution in [3.05, 3.63) is 77.5 Å². The van der Waals surface area contributed by atoms with Gasteiger partial charge in [0.1, 0.15) is 17.3 Å². The quantitative estimate of drug-likeness (QED) is 0.355. The van der Waals surface area contributed by atoms with E-state index in [2.05, 4.69) is 25.1 Å². The van der Waals surface area contributed by atoms with Gasteiger partial charge in [0.05, 0.1) is 23.9 Å². The lowest BCUT2D eigenvalue weighted by Gasteiger charge is -2.11. The average Bonchev–Trinajstić information content (AvgIpc) is 2.78. The summed E-state index contributed by atoms with van der Waals surface area (Å²) in [6.07, 6.45) is -3.48. The number of rotatable bonds is 7. The van der Waals surface area contributed by atoms with Crippen molar-refractivity contribution in [3.8, 4) is 11.5 Å². The second-order valence-electron chi connectivity index (χ2n) is 6.66. The molecule has 3 N–H and O–H groups in total. The van der Waals surface area contributed by atoms with Crippen LogP contribution >= 0.6 is 0 Å². The van der Waals surface area contributed by atoms with Gasteiger partial charge in [-0.15, -0.1) is 13.2 Å². The zero-order valence-corrected chi connectivity index (χ0v) is 17.1. The number of benzene rings is 2. The van der Waals surface area contributed by atoms with Crippen LogP contribution in [0.1, 0.15) is 26.3 Å². The number of anilines is 2. The number of nitrogens with one attached hydrogen (secondary N) is 2. The van der Waals surface area contributed by atoms with E-state index in [0.717, 1.165) is 0 Å². The molecule has 3 rings (SSSR count). The van der Waals surface area contributed by atoms with Crippen LogP contribution in [-0.4, -0.2) is 35.4 Å². The number of carbonyl (C=O) groups excluding carboxylic acids is 2. The van der Waals surface area contributed by atoms with E-state index in [4.69, 9.17) is 0 Å². The topological polar surface area (TPSA) is 110 Å². The minimum absolute atomic E-state index is 0.0933. The summed E-state index contributed by atoms with van der Waals surface area (Å²) in [5, 5.41) is 15.5. The van der Waals surface area contributed by atoms with Crippen LogP contribution in [0.3, 0.4) is 0 Å². The highest BCUT2D eigenvalue weighted by Crippen LogP contribution is 2.26. The number of alkyl halides is 3. The molecule has 0 aliphatic carbocycles. The van der Waals surface area contributed by atoms with E-state index >= 15 is 0 Å². The standard InChI is InChI=1S/C22H18F3N3O5/c1-32-21(31)14-5-7-17(18(29)10-14)28-20(30)15-6-8-19(27-12-15)26-11-13-3-2-4-16(9-13)33-22(23,24)25/h2-10,12,29H,11H2,1H3,(H,26,27)(H,28,30). The molecule has 0 aliphatic heterocycles. The SMILES string of the molecule is COC(=O)c1ccc(NC(=O)c2ccc(NCc3cccc(OC(F)(F)F)c3)nc2)c(O)c1. The normalized spacial score (nSPS) is 10.9. The van der Waals surface area contributed by atoms with Gasteiger partial charge in [0.25, 0.3) is 5.91 Å². The second-order valence-corrected chi connectivity index (χ2v) is 6.66. The molecule has 0 bridgehead atoms. The van der Waals surface area contributed by atoms with Gasteiger partial charge in [0.15, 0.2) is 0 Å². The Kier molecular flexibility index (Phi) is 7.01. The minimum Gasteiger partial charge on any atom is -0.506 e. The first-order chi connectivity index (χ1) is 15.6. The van der Waals surface area contributed by atoms with Crippen LogP contribution in [0.25, 0.3) is 0 Å². The molecule has 1 heterocycles. The molecule has 3 aromatic rings. The Labute approximate surface area is 186 Å². The van der Waals surface area contributed by atoms with Crippen LogP contribution < -0.4 is 15.4 Å². The minimum atomic E-state index is -4.77. The van der Waals surface area contributed by atoms with Gasteiger partial charge in [-0.1, -0.05) is 12.1 Å². The first-order valence-electron chi connectivity index (χ1n) is 9.42. The molecule has 0 saturated heterocycles. The summed E-state index contributed by atoms with van der Waals surface area (Å²) >= 11 is 0. The summed E-state index contributed by atoms with van der Waals surface area (Å²) < 4.78 is 45.5. The predicted molar refractivity (Wildman–Crippen MR) is 112 cm³/mol. The molecule has 1 aromatic heterocycles. The van der Waals surface area contributed by atoms with Crippen molar-refractivity contribution in [2.24, 2.45) is 0 Å². The van der Waals surface area contributed by atoms with Crippen molar-refractivity contribution >= 4 is 23.4 Å². The summed E-state index contributed by atoms with van der Waals surface area (Å²) in [6.45, 7) is 0.175. The third-order valence-corrected chi connectivity index (χ3v) is 4.30. The van der Waals surface area contributed by atoms with Crippen LogP contribution in [0.5, 0.6) is 11.5 Å². The Balaban J connectivity index is 1.59. The van der Waals surface area contributed by atoms with Gasteiger partial charge in [-0.2, -0.15) is 0 Å². The molecule has 0 atom stereocenters. The van der Waals surface area contributed by atoms with E-state index in [9.17, 15) is 27.9 Å². The highest BCUT2D eigenvalue weighted by Gasteiger charge is 2.31. The monoisotopic (exact) mass is 461 g/mol. The largest absolute Gasteiger partial charge is 0.573 e. The highest BCUT2D eigenvalue weighted by molar-refractivity contribution is 6.05. The van der Waals surface area contributed by atoms with E-state index in [-0.39, 0.29) is 34.9 Å². The molecule has 8 nitrogen and oxygen atoms in total. The van der Waals surface area contributed by atoms with Crippen molar-refractivity contribution in [2.45, 2.75) is 12.9 Å². The Morgan fingerprint density at radius 1 is 1.06 bits per heavy atom. The lowest BCUT2D eigenvalue weighted by atomic mass is 10.1. The van der Waals surface area contributed by atoms with Crippen molar-refractivity contribution in [2.75, 3.05) is 17.7 Å². The molecule has 11 heteroatoms. The maximum atomic E-state index is 12.4. The van der Waals surface area contributed by atoms with Crippen molar-refractivity contribution in [1.29, 1.82) is 0 Å². The molecule has 0 unspecified atom stereocenters. The number of hydrogen-bond donors (Lipinski definition) is 3. The van der Waals surface area contributed by atoms with Gasteiger partial charge in [0, 0.05) is 12.7 Å². The van der Waals surface area contributed by atoms with E-state index in [1.165, 1.54) is 61.8 Å². The maximum absolute atomic E-state index is 12.4. The van der Waals surface area contributed by atoms with E-state index in [0.29, 0.717) is 11.4 Å². The Bertz CT molecular complexity index is 1150. The van der Waals surface area contributed by atoms with Crippen LogP contribution in [0, 0.1) is 0 Å². The molecule has 0 radical (unpaired) electrons. The number of halogens is 3. The number of aromatic hydroxyl groups is 1. The van der Waals surface area contributed by atoms with Gasteiger partial charge in [-0.3, -0.25) is 4.79 Å². The van der Waals surface area contributed by atoms with E-state index in [1.54, 1.807) is 6.07 Å². The third-order valence-electron chi connectivity index (χ3n) is 4.30. The van der Waals surface area contributed by atoms with Gasteiger partial charge in [0.2, 0.25) is 0 Å². The van der Waals surface area contributed by atoms with E-state index < -0.39 is 18.2 Å². The predicted octanol–water partition coefficient (Wildman–Crippen LogP) is 4.34. The number of amides is 1. The van der Waals surface area contributed by atoms with Gasteiger partial charge in [-0.05, 0) is 48.0 Å². The van der Waals surface area contributed by atoms with Gasteiger partial charge < -0.3 is 25.2 Å². The molecule has 33 heavy (non-hydrogen) atoms. The second kappa shape index (κ2) is 9.90.